The Kier molecular flexibility index (Phi) is 8.75. The monoisotopic (exact) mass is 561 g/mol. The van der Waals surface area contributed by atoms with Crippen molar-refractivity contribution in [3.63, 3.8) is 0 Å². The maximum absolute atomic E-state index is 6.28. The second kappa shape index (κ2) is 12.8. The first-order chi connectivity index (χ1) is 19.1. The van der Waals surface area contributed by atoms with Crippen molar-refractivity contribution < 1.29 is 4.74 Å². The molecule has 0 bridgehead atoms. The van der Waals surface area contributed by atoms with Crippen LogP contribution in [0.15, 0.2) is 77.9 Å². The van der Waals surface area contributed by atoms with Gasteiger partial charge in [-0.05, 0) is 61.1 Å². The van der Waals surface area contributed by atoms with Crippen molar-refractivity contribution in [2.24, 2.45) is 11.0 Å². The lowest BCUT2D eigenvalue weighted by atomic mass is 9.90. The average molecular weight is 563 g/mol. The molecule has 2 heterocycles. The van der Waals surface area contributed by atoms with Gasteiger partial charge in [-0.3, -0.25) is 0 Å². The van der Waals surface area contributed by atoms with Crippen molar-refractivity contribution >= 4 is 52.9 Å². The molecule has 0 atom stereocenters. The summed E-state index contributed by atoms with van der Waals surface area (Å²) >= 11 is 12.4. The minimum absolute atomic E-state index is 0.317. The van der Waals surface area contributed by atoms with E-state index in [4.69, 9.17) is 32.9 Å². The number of hydrogen-bond acceptors (Lipinski definition) is 8. The Morgan fingerprint density at radius 1 is 0.923 bits per heavy atom. The maximum atomic E-state index is 6.28. The summed E-state index contributed by atoms with van der Waals surface area (Å²) in [7, 11) is 1.64. The molecule has 1 aliphatic rings. The normalized spacial score (nSPS) is 14.0. The molecule has 39 heavy (non-hydrogen) atoms. The van der Waals surface area contributed by atoms with Gasteiger partial charge < -0.3 is 15.0 Å². The molecule has 8 nitrogen and oxygen atoms in total. The van der Waals surface area contributed by atoms with Gasteiger partial charge in [0.15, 0.2) is 0 Å². The molecule has 0 amide bonds. The number of ether oxygens (including phenoxy) is 1. The Bertz CT molecular complexity index is 1410. The van der Waals surface area contributed by atoms with Gasteiger partial charge in [0.05, 0.1) is 23.4 Å². The van der Waals surface area contributed by atoms with Crippen LogP contribution in [-0.2, 0) is 6.42 Å². The molecular formula is C29H29Cl2N7O. The van der Waals surface area contributed by atoms with Gasteiger partial charge in [0.2, 0.25) is 17.8 Å². The molecule has 0 spiro atoms. The van der Waals surface area contributed by atoms with Crippen LogP contribution in [0.3, 0.4) is 0 Å². The number of nitrogens with one attached hydrogen (secondary N) is 2. The van der Waals surface area contributed by atoms with Crippen LogP contribution in [0.25, 0.3) is 0 Å². The molecule has 0 aliphatic carbocycles. The third kappa shape index (κ3) is 7.16. The molecule has 1 aromatic heterocycles. The maximum Gasteiger partial charge on any atom is 0.250 e. The van der Waals surface area contributed by atoms with Crippen LogP contribution in [0.4, 0.5) is 23.5 Å². The molecule has 5 rings (SSSR count). The van der Waals surface area contributed by atoms with Gasteiger partial charge in [-0.15, -0.1) is 0 Å². The van der Waals surface area contributed by atoms with Crippen LogP contribution in [0.1, 0.15) is 24.0 Å². The first kappa shape index (κ1) is 26.7. The SMILES string of the molecule is COc1ccc(Nc2nc(N/N=C/c3cccc(Cl)c3Cl)nc(N3CCC(Cc4ccccc4)CC3)n2)cc1. The molecule has 1 saturated heterocycles. The van der Waals surface area contributed by atoms with Gasteiger partial charge in [0.25, 0.3) is 0 Å². The predicted octanol–water partition coefficient (Wildman–Crippen LogP) is 6.84. The van der Waals surface area contributed by atoms with Crippen molar-refractivity contribution in [2.45, 2.75) is 19.3 Å². The summed E-state index contributed by atoms with van der Waals surface area (Å²) in [6.07, 6.45) is 4.80. The van der Waals surface area contributed by atoms with Crippen molar-refractivity contribution in [2.75, 3.05) is 35.8 Å². The number of anilines is 4. The van der Waals surface area contributed by atoms with Crippen LogP contribution in [0.2, 0.25) is 10.0 Å². The number of aromatic nitrogens is 3. The van der Waals surface area contributed by atoms with E-state index >= 15 is 0 Å². The number of halogens is 2. The van der Waals surface area contributed by atoms with Crippen LogP contribution in [-0.4, -0.2) is 41.4 Å². The van der Waals surface area contributed by atoms with Gasteiger partial charge in [0, 0.05) is 24.3 Å². The summed E-state index contributed by atoms with van der Waals surface area (Å²) in [5.74, 6) is 2.73. The Morgan fingerprint density at radius 3 is 2.41 bits per heavy atom. The average Bonchev–Trinajstić information content (AvgIpc) is 2.96. The fraction of sp³-hybridized carbons (Fsp3) is 0.241. The minimum atomic E-state index is 0.317. The largest absolute Gasteiger partial charge is 0.497 e. The summed E-state index contributed by atoms with van der Waals surface area (Å²) in [6.45, 7) is 1.73. The lowest BCUT2D eigenvalue weighted by Crippen LogP contribution is -2.35. The van der Waals surface area contributed by atoms with E-state index in [0.29, 0.717) is 39.4 Å². The van der Waals surface area contributed by atoms with E-state index in [-0.39, 0.29) is 0 Å². The van der Waals surface area contributed by atoms with E-state index < -0.39 is 0 Å². The third-order valence-corrected chi connectivity index (χ3v) is 7.42. The smallest absolute Gasteiger partial charge is 0.250 e. The zero-order chi connectivity index (χ0) is 27.0. The van der Waals surface area contributed by atoms with Gasteiger partial charge >= 0.3 is 0 Å². The molecule has 0 radical (unpaired) electrons. The highest BCUT2D eigenvalue weighted by Gasteiger charge is 2.22. The molecule has 1 fully saturated rings. The summed E-state index contributed by atoms with van der Waals surface area (Å²) in [5, 5.41) is 8.46. The highest BCUT2D eigenvalue weighted by atomic mass is 35.5. The molecule has 200 valence electrons. The standard InChI is InChI=1S/C29H29Cl2N7O/c1-39-24-12-10-23(11-13-24)33-27-34-28(37-32-19-22-8-5-9-25(30)26(22)31)36-29(35-27)38-16-14-21(15-17-38)18-20-6-3-2-4-7-20/h2-13,19,21H,14-18H2,1H3,(H2,33,34,35,36,37)/b32-19+. The number of benzene rings is 3. The number of nitrogens with zero attached hydrogens (tertiary/aromatic N) is 5. The fourth-order valence-corrected chi connectivity index (χ4v) is 4.84. The molecule has 2 N–H and O–H groups in total. The first-order valence-electron chi connectivity index (χ1n) is 12.8. The molecule has 0 saturated carbocycles. The third-order valence-electron chi connectivity index (χ3n) is 6.58. The van der Waals surface area contributed by atoms with Gasteiger partial charge in [0.1, 0.15) is 5.75 Å². The number of hydrazone groups is 1. The van der Waals surface area contributed by atoms with E-state index in [1.165, 1.54) is 5.56 Å². The van der Waals surface area contributed by atoms with E-state index in [0.717, 1.165) is 43.8 Å². The van der Waals surface area contributed by atoms with E-state index in [1.54, 1.807) is 19.4 Å². The zero-order valence-electron chi connectivity index (χ0n) is 21.5. The van der Waals surface area contributed by atoms with Gasteiger partial charge in [-0.25, -0.2) is 5.43 Å². The summed E-state index contributed by atoms with van der Waals surface area (Å²) in [4.78, 5) is 16.1. The molecule has 0 unspecified atom stereocenters. The van der Waals surface area contributed by atoms with Crippen LogP contribution >= 0.6 is 23.2 Å². The summed E-state index contributed by atoms with van der Waals surface area (Å²) in [5.41, 5.74) is 5.82. The topological polar surface area (TPSA) is 87.6 Å². The lowest BCUT2D eigenvalue weighted by molar-refractivity contribution is 0.400. The zero-order valence-corrected chi connectivity index (χ0v) is 23.0. The Balaban J connectivity index is 1.33. The van der Waals surface area contributed by atoms with E-state index in [1.807, 2.05) is 36.4 Å². The summed E-state index contributed by atoms with van der Waals surface area (Å²) in [6, 6.07) is 23.6. The number of methoxy groups -OCH3 is 1. The summed E-state index contributed by atoms with van der Waals surface area (Å²) < 4.78 is 5.26. The number of rotatable bonds is 9. The number of piperidine rings is 1. The molecule has 4 aromatic rings. The van der Waals surface area contributed by atoms with E-state index in [2.05, 4.69) is 61.0 Å². The molecule has 1 aliphatic heterocycles. The molecular weight excluding hydrogens is 533 g/mol. The highest BCUT2D eigenvalue weighted by molar-refractivity contribution is 6.43. The van der Waals surface area contributed by atoms with Crippen molar-refractivity contribution in [3.8, 4) is 5.75 Å². The van der Waals surface area contributed by atoms with Crippen molar-refractivity contribution in [3.05, 3.63) is 94.0 Å². The Labute approximate surface area is 238 Å². The van der Waals surface area contributed by atoms with Gasteiger partial charge in [-0.2, -0.15) is 20.1 Å². The fourth-order valence-electron chi connectivity index (χ4n) is 4.48. The molecule has 10 heteroatoms. The first-order valence-corrected chi connectivity index (χ1v) is 13.5. The Morgan fingerprint density at radius 2 is 1.67 bits per heavy atom. The van der Waals surface area contributed by atoms with Crippen LogP contribution < -0.4 is 20.4 Å². The van der Waals surface area contributed by atoms with Crippen LogP contribution in [0, 0.1) is 5.92 Å². The van der Waals surface area contributed by atoms with E-state index in [9.17, 15) is 0 Å². The van der Waals surface area contributed by atoms with Crippen molar-refractivity contribution in [1.82, 2.24) is 15.0 Å². The second-order valence-corrected chi connectivity index (χ2v) is 10.1. The minimum Gasteiger partial charge on any atom is -0.497 e. The van der Waals surface area contributed by atoms with Crippen molar-refractivity contribution in [1.29, 1.82) is 0 Å². The van der Waals surface area contributed by atoms with Crippen LogP contribution in [0.5, 0.6) is 5.75 Å². The second-order valence-electron chi connectivity index (χ2n) is 9.27. The molecule has 3 aromatic carbocycles. The quantitative estimate of drug-likeness (QED) is 0.171. The highest BCUT2D eigenvalue weighted by Crippen LogP contribution is 2.27. The Hall–Kier alpha value is -3.88. The predicted molar refractivity (Wildman–Crippen MR) is 159 cm³/mol. The number of hydrogen-bond donors (Lipinski definition) is 2. The lowest BCUT2D eigenvalue weighted by Gasteiger charge is -2.32. The van der Waals surface area contributed by atoms with Gasteiger partial charge in [-0.1, -0.05) is 65.7 Å².